The Kier molecular flexibility index (Phi) is 6.23. The van der Waals surface area contributed by atoms with Crippen LogP contribution >= 0.6 is 22.6 Å². The highest BCUT2D eigenvalue weighted by molar-refractivity contribution is 14.1. The second-order valence-corrected chi connectivity index (χ2v) is 5.18. The highest BCUT2D eigenvalue weighted by Gasteiger charge is 2.00. The maximum Gasteiger partial charge on any atom is 0.124 e. The quantitative estimate of drug-likeness (QED) is 0.616. The smallest absolute Gasteiger partial charge is 0.124 e. The number of halogens is 2. The maximum atomic E-state index is 12.8. The lowest BCUT2D eigenvalue weighted by molar-refractivity contribution is 0.555. The molecule has 1 aromatic carbocycles. The summed E-state index contributed by atoms with van der Waals surface area (Å²) < 4.78 is 13.8. The molecule has 0 atom stereocenters. The number of rotatable bonds is 6. The zero-order chi connectivity index (χ0) is 12.0. The third-order valence-corrected chi connectivity index (χ3v) is 3.19. The lowest BCUT2D eigenvalue weighted by Crippen LogP contribution is -2.31. The number of hydrogen-bond donors (Lipinski definition) is 2. The Balaban J connectivity index is 2.27. The van der Waals surface area contributed by atoms with Gasteiger partial charge in [0.25, 0.3) is 0 Å². The van der Waals surface area contributed by atoms with Crippen molar-refractivity contribution in [1.29, 1.82) is 0 Å². The number of benzene rings is 1. The average Bonchev–Trinajstić information content (AvgIpc) is 2.20. The highest BCUT2D eigenvalue weighted by atomic mass is 127. The van der Waals surface area contributed by atoms with Crippen LogP contribution in [0.5, 0.6) is 0 Å². The fourth-order valence-electron chi connectivity index (χ4n) is 1.34. The van der Waals surface area contributed by atoms with Crippen LogP contribution in [0.2, 0.25) is 0 Å². The van der Waals surface area contributed by atoms with Gasteiger partial charge in [-0.15, -0.1) is 0 Å². The van der Waals surface area contributed by atoms with Gasteiger partial charge in [-0.1, -0.05) is 19.9 Å². The maximum absolute atomic E-state index is 12.8. The van der Waals surface area contributed by atoms with Crippen molar-refractivity contribution < 1.29 is 4.39 Å². The van der Waals surface area contributed by atoms with Gasteiger partial charge in [0.15, 0.2) is 0 Å². The van der Waals surface area contributed by atoms with Crippen LogP contribution in [-0.2, 0) is 6.54 Å². The molecule has 4 heteroatoms. The summed E-state index contributed by atoms with van der Waals surface area (Å²) >= 11 is 2.16. The molecule has 0 bridgehead atoms. The molecule has 2 N–H and O–H groups in total. The normalized spacial score (nSPS) is 11.1. The van der Waals surface area contributed by atoms with Gasteiger partial charge in [-0.2, -0.15) is 0 Å². The molecule has 2 nitrogen and oxygen atoms in total. The minimum absolute atomic E-state index is 0.172. The van der Waals surface area contributed by atoms with Gasteiger partial charge < -0.3 is 10.6 Å². The molecule has 0 saturated carbocycles. The third-order valence-electron chi connectivity index (χ3n) is 2.18. The van der Waals surface area contributed by atoms with Crippen molar-refractivity contribution in [3.63, 3.8) is 0 Å². The molecule has 0 fully saturated rings. The molecule has 0 radical (unpaired) electrons. The van der Waals surface area contributed by atoms with Gasteiger partial charge in [0.2, 0.25) is 0 Å². The van der Waals surface area contributed by atoms with E-state index in [1.165, 1.54) is 6.07 Å². The van der Waals surface area contributed by atoms with Crippen LogP contribution in [0.15, 0.2) is 18.2 Å². The van der Waals surface area contributed by atoms with Crippen molar-refractivity contribution >= 4 is 22.6 Å². The Hall–Kier alpha value is -0.200. The fourth-order valence-corrected chi connectivity index (χ4v) is 2.01. The van der Waals surface area contributed by atoms with E-state index in [1.807, 2.05) is 6.07 Å². The summed E-state index contributed by atoms with van der Waals surface area (Å²) in [5.74, 6) is -0.172. The van der Waals surface area contributed by atoms with Crippen molar-refractivity contribution in [3.05, 3.63) is 33.1 Å². The number of hydrogen-bond acceptors (Lipinski definition) is 2. The molecule has 1 aromatic rings. The summed E-state index contributed by atoms with van der Waals surface area (Å²) in [6, 6.07) is 5.42. The van der Waals surface area contributed by atoms with Crippen molar-refractivity contribution in [2.24, 2.45) is 0 Å². The monoisotopic (exact) mass is 336 g/mol. The summed E-state index contributed by atoms with van der Waals surface area (Å²) in [4.78, 5) is 0. The predicted octanol–water partition coefficient (Wildman–Crippen LogP) is 2.52. The van der Waals surface area contributed by atoms with Crippen LogP contribution in [0.1, 0.15) is 19.4 Å². The van der Waals surface area contributed by atoms with Crippen molar-refractivity contribution in [2.75, 3.05) is 13.1 Å². The van der Waals surface area contributed by atoms with E-state index in [0.717, 1.165) is 28.8 Å². The van der Waals surface area contributed by atoms with Crippen molar-refractivity contribution in [2.45, 2.75) is 26.4 Å². The molecule has 0 aliphatic heterocycles. The summed E-state index contributed by atoms with van der Waals surface area (Å²) in [6.07, 6.45) is 0. The molecule has 16 heavy (non-hydrogen) atoms. The Morgan fingerprint density at radius 1 is 1.31 bits per heavy atom. The largest absolute Gasteiger partial charge is 0.313 e. The van der Waals surface area contributed by atoms with E-state index in [0.29, 0.717) is 6.04 Å². The molecular weight excluding hydrogens is 318 g/mol. The van der Waals surface area contributed by atoms with Crippen molar-refractivity contribution in [3.8, 4) is 0 Å². The number of nitrogens with one attached hydrogen (secondary N) is 2. The van der Waals surface area contributed by atoms with E-state index in [-0.39, 0.29) is 5.82 Å². The van der Waals surface area contributed by atoms with Gasteiger partial charge in [-0.25, -0.2) is 4.39 Å². The first kappa shape index (κ1) is 13.9. The van der Waals surface area contributed by atoms with E-state index in [9.17, 15) is 4.39 Å². The Bertz CT molecular complexity index is 329. The molecular formula is C12H18FIN2. The summed E-state index contributed by atoms with van der Waals surface area (Å²) in [5, 5.41) is 6.66. The Labute approximate surface area is 110 Å². The first-order valence-corrected chi connectivity index (χ1v) is 6.55. The zero-order valence-corrected chi connectivity index (χ0v) is 11.8. The lowest BCUT2D eigenvalue weighted by Gasteiger charge is -2.10. The molecule has 0 heterocycles. The first-order chi connectivity index (χ1) is 7.59. The van der Waals surface area contributed by atoms with Gasteiger partial charge in [-0.05, 0) is 40.3 Å². The standard InChI is InChI=1S/C12H18FIN2/c1-9(2)16-6-5-15-8-10-3-4-11(13)7-12(10)14/h3-4,7,9,15-16H,5-6,8H2,1-2H3. The van der Waals surface area contributed by atoms with Gasteiger partial charge >= 0.3 is 0 Å². The third kappa shape index (κ3) is 5.23. The van der Waals surface area contributed by atoms with Crippen LogP contribution in [0.4, 0.5) is 4.39 Å². The van der Waals surface area contributed by atoms with E-state index < -0.39 is 0 Å². The average molecular weight is 336 g/mol. The van der Waals surface area contributed by atoms with Crippen LogP contribution in [0.3, 0.4) is 0 Å². The van der Waals surface area contributed by atoms with Gasteiger partial charge in [0.05, 0.1) is 0 Å². The molecule has 0 saturated heterocycles. The van der Waals surface area contributed by atoms with Crippen molar-refractivity contribution in [1.82, 2.24) is 10.6 Å². The van der Waals surface area contributed by atoms with Crippen LogP contribution in [0, 0.1) is 9.39 Å². The van der Waals surface area contributed by atoms with Gasteiger partial charge in [-0.3, -0.25) is 0 Å². The molecule has 0 aromatic heterocycles. The van der Waals surface area contributed by atoms with Crippen LogP contribution < -0.4 is 10.6 Å². The van der Waals surface area contributed by atoms with E-state index >= 15 is 0 Å². The SMILES string of the molecule is CC(C)NCCNCc1ccc(F)cc1I. The molecule has 0 unspecified atom stereocenters. The fraction of sp³-hybridized carbons (Fsp3) is 0.500. The van der Waals surface area contributed by atoms with Gasteiger partial charge in [0.1, 0.15) is 5.82 Å². The zero-order valence-electron chi connectivity index (χ0n) is 9.69. The van der Waals surface area contributed by atoms with Gasteiger partial charge in [0, 0.05) is 29.2 Å². The minimum atomic E-state index is -0.172. The summed E-state index contributed by atoms with van der Waals surface area (Å²) in [6.45, 7) is 6.92. The summed E-state index contributed by atoms with van der Waals surface area (Å²) in [5.41, 5.74) is 1.14. The molecule has 1 rings (SSSR count). The predicted molar refractivity (Wildman–Crippen MR) is 74.0 cm³/mol. The molecule has 0 aliphatic rings. The minimum Gasteiger partial charge on any atom is -0.313 e. The van der Waals surface area contributed by atoms with Crippen LogP contribution in [0.25, 0.3) is 0 Å². The molecule has 0 amide bonds. The second-order valence-electron chi connectivity index (χ2n) is 4.02. The summed E-state index contributed by atoms with van der Waals surface area (Å²) in [7, 11) is 0. The lowest BCUT2D eigenvalue weighted by atomic mass is 10.2. The second kappa shape index (κ2) is 7.19. The highest BCUT2D eigenvalue weighted by Crippen LogP contribution is 2.13. The van der Waals surface area contributed by atoms with Crippen LogP contribution in [-0.4, -0.2) is 19.1 Å². The Morgan fingerprint density at radius 3 is 2.69 bits per heavy atom. The van der Waals surface area contributed by atoms with E-state index in [4.69, 9.17) is 0 Å². The first-order valence-electron chi connectivity index (χ1n) is 5.47. The Morgan fingerprint density at radius 2 is 2.06 bits per heavy atom. The molecule has 90 valence electrons. The molecule has 0 aliphatic carbocycles. The molecule has 0 spiro atoms. The topological polar surface area (TPSA) is 24.1 Å². The van der Waals surface area contributed by atoms with E-state index in [2.05, 4.69) is 47.1 Å². The van der Waals surface area contributed by atoms with E-state index in [1.54, 1.807) is 6.07 Å².